The molecule has 0 aromatic carbocycles. The van der Waals surface area contributed by atoms with E-state index in [-0.39, 0.29) is 17.0 Å². The van der Waals surface area contributed by atoms with Crippen molar-refractivity contribution in [2.75, 3.05) is 13.7 Å². The zero-order valence-corrected chi connectivity index (χ0v) is 17.7. The summed E-state index contributed by atoms with van der Waals surface area (Å²) >= 11 is 0. The van der Waals surface area contributed by atoms with Gasteiger partial charge in [-0.2, -0.15) is 22.0 Å². The Balaban J connectivity index is 2.23. The largest absolute Gasteiger partial charge is 0.471 e. The quantitative estimate of drug-likeness (QED) is 0.589. The zero-order valence-electron chi connectivity index (χ0n) is 17.7. The van der Waals surface area contributed by atoms with E-state index in [0.717, 1.165) is 0 Å². The fourth-order valence-corrected chi connectivity index (χ4v) is 2.87. The van der Waals surface area contributed by atoms with Gasteiger partial charge in [0.2, 0.25) is 11.8 Å². The standard InChI is InChI=1S/C20H26F5N3O3/c1-18(2,3)9-14(15(29)26-4)27-16(30)13-8-7-12(11-5-6-11)17(28-13)31-10-19(21,22)20(23,24)25/h7-8,11,14H,5-6,9-10H2,1-4H3,(H,26,29)(H,27,30). The molecule has 2 N–H and O–H groups in total. The highest BCUT2D eigenvalue weighted by atomic mass is 19.4. The third-order valence-corrected chi connectivity index (χ3v) is 4.63. The highest BCUT2D eigenvalue weighted by molar-refractivity contribution is 5.96. The number of hydrogen-bond donors (Lipinski definition) is 2. The number of alkyl halides is 5. The molecular formula is C20H26F5N3O3. The molecule has 0 bridgehead atoms. The molecular weight excluding hydrogens is 425 g/mol. The van der Waals surface area contributed by atoms with Gasteiger partial charge in [0.25, 0.3) is 5.91 Å². The minimum Gasteiger partial charge on any atom is -0.471 e. The van der Waals surface area contributed by atoms with Crippen LogP contribution in [0.5, 0.6) is 5.88 Å². The molecule has 6 nitrogen and oxygen atoms in total. The summed E-state index contributed by atoms with van der Waals surface area (Å²) in [4.78, 5) is 28.6. The first-order chi connectivity index (χ1) is 14.1. The maximum Gasteiger partial charge on any atom is 0.456 e. The van der Waals surface area contributed by atoms with Gasteiger partial charge < -0.3 is 15.4 Å². The fourth-order valence-electron chi connectivity index (χ4n) is 2.87. The predicted octanol–water partition coefficient (Wildman–Crippen LogP) is 3.82. The van der Waals surface area contributed by atoms with Crippen LogP contribution in [0.15, 0.2) is 12.1 Å². The molecule has 1 aromatic heterocycles. The highest BCUT2D eigenvalue weighted by Crippen LogP contribution is 2.44. The number of rotatable bonds is 8. The van der Waals surface area contributed by atoms with Gasteiger partial charge in [-0.25, -0.2) is 4.98 Å². The van der Waals surface area contributed by atoms with Crippen molar-refractivity contribution in [3.63, 3.8) is 0 Å². The van der Waals surface area contributed by atoms with E-state index in [0.29, 0.717) is 24.8 Å². The Labute approximate surface area is 176 Å². The van der Waals surface area contributed by atoms with Crippen molar-refractivity contribution in [2.45, 2.75) is 64.1 Å². The van der Waals surface area contributed by atoms with Crippen LogP contribution in [0.25, 0.3) is 0 Å². The van der Waals surface area contributed by atoms with E-state index in [9.17, 15) is 31.5 Å². The van der Waals surface area contributed by atoms with E-state index in [2.05, 4.69) is 15.6 Å². The smallest absolute Gasteiger partial charge is 0.456 e. The molecule has 1 aliphatic carbocycles. The second-order valence-electron chi connectivity index (χ2n) is 8.76. The Kier molecular flexibility index (Phi) is 7.17. The van der Waals surface area contributed by atoms with Gasteiger partial charge >= 0.3 is 12.1 Å². The SMILES string of the molecule is CNC(=O)C(CC(C)(C)C)NC(=O)c1ccc(C2CC2)c(OCC(F)(F)C(F)(F)F)n1. The highest BCUT2D eigenvalue weighted by Gasteiger charge is 2.58. The molecule has 31 heavy (non-hydrogen) atoms. The number of halogens is 5. The van der Waals surface area contributed by atoms with Gasteiger partial charge in [0.1, 0.15) is 11.7 Å². The third kappa shape index (κ3) is 6.76. The molecule has 2 rings (SSSR count). The lowest BCUT2D eigenvalue weighted by Crippen LogP contribution is -2.47. The van der Waals surface area contributed by atoms with Gasteiger partial charge in [0.05, 0.1) is 0 Å². The Hall–Kier alpha value is -2.46. The van der Waals surface area contributed by atoms with Crippen LogP contribution in [0.4, 0.5) is 22.0 Å². The first-order valence-electron chi connectivity index (χ1n) is 9.75. The zero-order chi connectivity index (χ0) is 23.6. The summed E-state index contributed by atoms with van der Waals surface area (Å²) in [5, 5.41) is 4.98. The monoisotopic (exact) mass is 451 g/mol. The molecule has 0 radical (unpaired) electrons. The first-order valence-corrected chi connectivity index (χ1v) is 9.75. The fraction of sp³-hybridized carbons (Fsp3) is 0.650. The van der Waals surface area contributed by atoms with Gasteiger partial charge in [0.15, 0.2) is 6.61 Å². The maximum atomic E-state index is 13.3. The molecule has 11 heteroatoms. The summed E-state index contributed by atoms with van der Waals surface area (Å²) in [5.74, 6) is -6.78. The Morgan fingerprint density at radius 3 is 2.26 bits per heavy atom. The van der Waals surface area contributed by atoms with Crippen molar-refractivity contribution >= 4 is 11.8 Å². The molecule has 0 aliphatic heterocycles. The van der Waals surface area contributed by atoms with E-state index in [1.807, 2.05) is 20.8 Å². The van der Waals surface area contributed by atoms with Crippen LogP contribution in [0.2, 0.25) is 0 Å². The number of carbonyl (C=O) groups is 2. The average molecular weight is 451 g/mol. The van der Waals surface area contributed by atoms with Crippen LogP contribution in [-0.4, -0.2) is 48.6 Å². The summed E-state index contributed by atoms with van der Waals surface area (Å²) < 4.78 is 68.6. The summed E-state index contributed by atoms with van der Waals surface area (Å²) in [5.41, 5.74) is -0.185. The van der Waals surface area contributed by atoms with Crippen LogP contribution < -0.4 is 15.4 Å². The molecule has 0 spiro atoms. The molecule has 2 amide bonds. The second kappa shape index (κ2) is 8.96. The normalized spacial score (nSPS) is 15.9. The van der Waals surface area contributed by atoms with Crippen LogP contribution >= 0.6 is 0 Å². The number of pyridine rings is 1. The summed E-state index contributed by atoms with van der Waals surface area (Å²) in [6, 6.07) is 1.87. The molecule has 1 saturated carbocycles. The first kappa shape index (κ1) is 24.8. The van der Waals surface area contributed by atoms with Crippen molar-refractivity contribution in [3.05, 3.63) is 23.4 Å². The lowest BCUT2D eigenvalue weighted by Gasteiger charge is -2.25. The second-order valence-corrected chi connectivity index (χ2v) is 8.76. The van der Waals surface area contributed by atoms with Gasteiger partial charge in [-0.15, -0.1) is 0 Å². The van der Waals surface area contributed by atoms with Crippen LogP contribution in [0.3, 0.4) is 0 Å². The van der Waals surface area contributed by atoms with E-state index >= 15 is 0 Å². The Morgan fingerprint density at radius 1 is 1.16 bits per heavy atom. The number of ether oxygens (including phenoxy) is 1. The lowest BCUT2D eigenvalue weighted by atomic mass is 9.87. The van der Waals surface area contributed by atoms with Crippen molar-refractivity contribution in [2.24, 2.45) is 5.41 Å². The van der Waals surface area contributed by atoms with Gasteiger partial charge in [0, 0.05) is 12.6 Å². The number of nitrogens with one attached hydrogen (secondary N) is 2. The van der Waals surface area contributed by atoms with Crippen molar-refractivity contribution in [1.29, 1.82) is 0 Å². The van der Waals surface area contributed by atoms with Crippen LogP contribution in [-0.2, 0) is 4.79 Å². The topological polar surface area (TPSA) is 80.3 Å². The molecule has 174 valence electrons. The molecule has 1 fully saturated rings. The van der Waals surface area contributed by atoms with Crippen molar-refractivity contribution in [3.8, 4) is 5.88 Å². The molecule has 0 saturated heterocycles. The van der Waals surface area contributed by atoms with E-state index in [4.69, 9.17) is 4.74 Å². The molecule has 1 aromatic rings. The Morgan fingerprint density at radius 2 is 1.77 bits per heavy atom. The number of hydrogen-bond acceptors (Lipinski definition) is 4. The third-order valence-electron chi connectivity index (χ3n) is 4.63. The molecule has 1 atom stereocenters. The van der Waals surface area contributed by atoms with Crippen LogP contribution in [0.1, 0.15) is 62.0 Å². The predicted molar refractivity (Wildman–Crippen MR) is 102 cm³/mol. The summed E-state index contributed by atoms with van der Waals surface area (Å²) in [7, 11) is 1.42. The van der Waals surface area contributed by atoms with Crippen molar-refractivity contribution < 1.29 is 36.3 Å². The van der Waals surface area contributed by atoms with Crippen LogP contribution in [0, 0.1) is 5.41 Å². The van der Waals surface area contributed by atoms with Gasteiger partial charge in [-0.05, 0) is 36.7 Å². The summed E-state index contributed by atoms with van der Waals surface area (Å²) in [6.07, 6.45) is -4.04. The van der Waals surface area contributed by atoms with E-state index in [1.165, 1.54) is 19.2 Å². The molecule has 1 heterocycles. The lowest BCUT2D eigenvalue weighted by molar-refractivity contribution is -0.290. The number of amides is 2. The average Bonchev–Trinajstić information content (AvgIpc) is 3.48. The number of aromatic nitrogens is 1. The number of nitrogens with zero attached hydrogens (tertiary/aromatic N) is 1. The van der Waals surface area contributed by atoms with E-state index < -0.39 is 42.4 Å². The minimum atomic E-state index is -5.77. The van der Waals surface area contributed by atoms with E-state index in [1.54, 1.807) is 0 Å². The molecule has 1 aliphatic rings. The Bertz CT molecular complexity index is 817. The maximum absolute atomic E-state index is 13.3. The van der Waals surface area contributed by atoms with Gasteiger partial charge in [-0.1, -0.05) is 26.8 Å². The minimum absolute atomic E-state index is 0.0707. The van der Waals surface area contributed by atoms with Crippen molar-refractivity contribution in [1.82, 2.24) is 15.6 Å². The number of likely N-dealkylation sites (N-methyl/N-ethyl adjacent to an activating group) is 1. The number of carbonyl (C=O) groups excluding carboxylic acids is 2. The molecule has 1 unspecified atom stereocenters. The van der Waals surface area contributed by atoms with Gasteiger partial charge in [-0.3, -0.25) is 9.59 Å². The summed E-state index contributed by atoms with van der Waals surface area (Å²) in [6.45, 7) is 3.69.